The van der Waals surface area contributed by atoms with E-state index in [9.17, 15) is 4.39 Å². The minimum absolute atomic E-state index is 0.165. The Hall–Kier alpha value is -0.150. The zero-order chi connectivity index (χ0) is 7.73. The van der Waals surface area contributed by atoms with E-state index < -0.39 is 0 Å². The first kappa shape index (κ1) is 7.50. The zero-order valence-corrected chi connectivity index (χ0v) is 6.77. The predicted molar refractivity (Wildman–Crippen MR) is 42.3 cm³/mol. The molecule has 2 aliphatic heterocycles. The Morgan fingerprint density at radius 2 is 2.09 bits per heavy atom. The maximum atomic E-state index is 11.8. The second-order valence-electron chi connectivity index (χ2n) is 3.86. The molecule has 0 aromatic heterocycles. The van der Waals surface area contributed by atoms with Crippen molar-refractivity contribution in [2.75, 3.05) is 39.4 Å². The van der Waals surface area contributed by atoms with Crippen molar-refractivity contribution in [3.05, 3.63) is 0 Å². The number of nitrogens with zero attached hydrogens (tertiary/aromatic N) is 1. The van der Waals surface area contributed by atoms with Gasteiger partial charge in [-0.1, -0.05) is 0 Å². The molecule has 2 fully saturated rings. The maximum absolute atomic E-state index is 11.8. The number of alkyl halides is 1. The van der Waals surface area contributed by atoms with Crippen LogP contribution in [0, 0.1) is 5.41 Å². The second-order valence-corrected chi connectivity index (χ2v) is 3.86. The highest BCUT2D eigenvalue weighted by Crippen LogP contribution is 2.33. The molecule has 2 saturated heterocycles. The Labute approximate surface area is 66.8 Å². The highest BCUT2D eigenvalue weighted by atomic mass is 19.1. The topological polar surface area (TPSA) is 15.3 Å². The van der Waals surface area contributed by atoms with Crippen LogP contribution >= 0.6 is 0 Å². The van der Waals surface area contributed by atoms with Crippen molar-refractivity contribution in [3.8, 4) is 0 Å². The third-order valence-electron chi connectivity index (χ3n) is 2.73. The molecule has 0 bridgehead atoms. The lowest BCUT2D eigenvalue weighted by molar-refractivity contribution is -0.0401. The normalized spacial score (nSPS) is 28.1. The van der Waals surface area contributed by atoms with E-state index in [4.69, 9.17) is 0 Å². The summed E-state index contributed by atoms with van der Waals surface area (Å²) in [7, 11) is 0. The summed E-state index contributed by atoms with van der Waals surface area (Å²) in [5.74, 6) is 0. The van der Waals surface area contributed by atoms with E-state index in [0.29, 0.717) is 11.8 Å². The smallest absolute Gasteiger partial charge is 0.0906 e. The summed E-state index contributed by atoms with van der Waals surface area (Å²) in [5, 5.41) is 3.28. The summed E-state index contributed by atoms with van der Waals surface area (Å²) in [5.41, 5.74) is 0.607. The SMILES string of the molecule is FCCCN1CC2(CNC2)C1. The highest BCUT2D eigenvalue weighted by Gasteiger charge is 2.46. The lowest BCUT2D eigenvalue weighted by atomic mass is 9.74. The largest absolute Gasteiger partial charge is 0.315 e. The van der Waals surface area contributed by atoms with Gasteiger partial charge in [-0.3, -0.25) is 4.39 Å². The second kappa shape index (κ2) is 2.72. The first-order valence-corrected chi connectivity index (χ1v) is 4.34. The van der Waals surface area contributed by atoms with Crippen LogP contribution in [-0.4, -0.2) is 44.3 Å². The molecule has 2 heterocycles. The molecule has 0 saturated carbocycles. The average molecular weight is 158 g/mol. The van der Waals surface area contributed by atoms with E-state index >= 15 is 0 Å². The molecule has 1 N–H and O–H groups in total. The van der Waals surface area contributed by atoms with Crippen molar-refractivity contribution >= 4 is 0 Å². The Kier molecular flexibility index (Phi) is 1.85. The predicted octanol–water partition coefficient (Wildman–Crippen LogP) is 0.251. The van der Waals surface area contributed by atoms with Crippen molar-refractivity contribution in [2.24, 2.45) is 5.41 Å². The molecule has 0 aromatic carbocycles. The van der Waals surface area contributed by atoms with Crippen LogP contribution < -0.4 is 5.32 Å². The lowest BCUT2D eigenvalue weighted by Crippen LogP contribution is -2.70. The van der Waals surface area contributed by atoms with Gasteiger partial charge in [-0.2, -0.15) is 0 Å². The van der Waals surface area contributed by atoms with Crippen LogP contribution in [0.1, 0.15) is 6.42 Å². The van der Waals surface area contributed by atoms with Crippen molar-refractivity contribution in [1.82, 2.24) is 10.2 Å². The summed E-state index contributed by atoms with van der Waals surface area (Å²) in [4.78, 5) is 2.35. The van der Waals surface area contributed by atoms with E-state index in [1.165, 1.54) is 26.2 Å². The molecule has 0 atom stereocenters. The number of likely N-dealkylation sites (tertiary alicyclic amines) is 1. The first-order chi connectivity index (χ1) is 5.35. The molecule has 2 rings (SSSR count). The maximum Gasteiger partial charge on any atom is 0.0906 e. The molecule has 0 amide bonds. The lowest BCUT2D eigenvalue weighted by Gasteiger charge is -2.56. The van der Waals surface area contributed by atoms with Gasteiger partial charge in [-0.15, -0.1) is 0 Å². The van der Waals surface area contributed by atoms with Crippen molar-refractivity contribution in [3.63, 3.8) is 0 Å². The molecule has 64 valence electrons. The average Bonchev–Trinajstić information content (AvgIpc) is 1.81. The van der Waals surface area contributed by atoms with Gasteiger partial charge in [-0.25, -0.2) is 0 Å². The Morgan fingerprint density at radius 1 is 1.36 bits per heavy atom. The number of halogens is 1. The van der Waals surface area contributed by atoms with Crippen LogP contribution in [0.4, 0.5) is 4.39 Å². The molecule has 3 heteroatoms. The van der Waals surface area contributed by atoms with Gasteiger partial charge in [0.25, 0.3) is 0 Å². The van der Waals surface area contributed by atoms with E-state index in [1.807, 2.05) is 0 Å². The fourth-order valence-electron chi connectivity index (χ4n) is 2.05. The Morgan fingerprint density at radius 3 is 2.55 bits per heavy atom. The minimum atomic E-state index is -0.165. The molecule has 2 nitrogen and oxygen atoms in total. The van der Waals surface area contributed by atoms with Crippen molar-refractivity contribution < 1.29 is 4.39 Å². The molecule has 0 aliphatic carbocycles. The molecule has 2 aliphatic rings. The van der Waals surface area contributed by atoms with E-state index in [-0.39, 0.29) is 6.67 Å². The fourth-order valence-corrected chi connectivity index (χ4v) is 2.05. The number of hydrogen-bond acceptors (Lipinski definition) is 2. The third-order valence-corrected chi connectivity index (χ3v) is 2.73. The number of hydrogen-bond donors (Lipinski definition) is 1. The molecule has 11 heavy (non-hydrogen) atoms. The fraction of sp³-hybridized carbons (Fsp3) is 1.00. The summed E-state index contributed by atoms with van der Waals surface area (Å²) < 4.78 is 11.8. The van der Waals surface area contributed by atoms with E-state index in [1.54, 1.807) is 0 Å². The molecule has 1 spiro atoms. The molecule has 0 radical (unpaired) electrons. The van der Waals surface area contributed by atoms with Crippen LogP contribution in [0.25, 0.3) is 0 Å². The van der Waals surface area contributed by atoms with Gasteiger partial charge in [0.05, 0.1) is 6.67 Å². The molecule has 0 aromatic rings. The first-order valence-electron chi connectivity index (χ1n) is 4.34. The summed E-state index contributed by atoms with van der Waals surface area (Å²) in [6.07, 6.45) is 0.712. The van der Waals surface area contributed by atoms with Crippen molar-refractivity contribution in [2.45, 2.75) is 6.42 Å². The van der Waals surface area contributed by atoms with Gasteiger partial charge in [-0.05, 0) is 6.42 Å². The summed E-state index contributed by atoms with van der Waals surface area (Å²) >= 11 is 0. The monoisotopic (exact) mass is 158 g/mol. The number of nitrogens with one attached hydrogen (secondary N) is 1. The van der Waals surface area contributed by atoms with Crippen LogP contribution in [0.3, 0.4) is 0 Å². The van der Waals surface area contributed by atoms with Crippen LogP contribution in [0.5, 0.6) is 0 Å². The van der Waals surface area contributed by atoms with E-state index in [0.717, 1.165) is 6.54 Å². The van der Waals surface area contributed by atoms with Gasteiger partial charge in [0.1, 0.15) is 0 Å². The zero-order valence-electron chi connectivity index (χ0n) is 6.77. The van der Waals surface area contributed by atoms with Gasteiger partial charge in [0.2, 0.25) is 0 Å². The van der Waals surface area contributed by atoms with Gasteiger partial charge in [0, 0.05) is 38.1 Å². The van der Waals surface area contributed by atoms with Gasteiger partial charge in [0.15, 0.2) is 0 Å². The van der Waals surface area contributed by atoms with E-state index in [2.05, 4.69) is 10.2 Å². The van der Waals surface area contributed by atoms with Crippen LogP contribution in [0.2, 0.25) is 0 Å². The quantitative estimate of drug-likeness (QED) is 0.633. The van der Waals surface area contributed by atoms with Gasteiger partial charge >= 0.3 is 0 Å². The van der Waals surface area contributed by atoms with Crippen molar-refractivity contribution in [1.29, 1.82) is 0 Å². The standard InChI is InChI=1S/C8H15FN2/c9-2-1-3-11-6-8(7-11)4-10-5-8/h10H,1-7H2. The molecular formula is C8H15FN2. The van der Waals surface area contributed by atoms with Crippen LogP contribution in [0.15, 0.2) is 0 Å². The third kappa shape index (κ3) is 1.27. The minimum Gasteiger partial charge on any atom is -0.315 e. The Balaban J connectivity index is 1.63. The highest BCUT2D eigenvalue weighted by molar-refractivity contribution is 5.03. The molecular weight excluding hydrogens is 143 g/mol. The van der Waals surface area contributed by atoms with Crippen LogP contribution in [-0.2, 0) is 0 Å². The Bertz CT molecular complexity index is 137. The molecule has 0 unspecified atom stereocenters. The van der Waals surface area contributed by atoms with Gasteiger partial charge < -0.3 is 10.2 Å². The summed E-state index contributed by atoms with van der Waals surface area (Å²) in [6.45, 7) is 5.54. The summed E-state index contributed by atoms with van der Waals surface area (Å²) in [6, 6.07) is 0. The number of rotatable bonds is 3.